The van der Waals surface area contributed by atoms with Crippen LogP contribution in [0.1, 0.15) is 27.2 Å². The first-order chi connectivity index (χ1) is 9.24. The number of rotatable bonds is 6. The summed E-state index contributed by atoms with van der Waals surface area (Å²) in [6.45, 7) is 7.57. The minimum Gasteiger partial charge on any atom is -0.468 e. The molecule has 0 radical (unpaired) electrons. The predicted octanol–water partition coefficient (Wildman–Crippen LogP) is 0.0366. The van der Waals surface area contributed by atoms with Crippen LogP contribution in [0.3, 0.4) is 0 Å². The van der Waals surface area contributed by atoms with Crippen LogP contribution in [0.2, 0.25) is 0 Å². The van der Waals surface area contributed by atoms with Crippen LogP contribution < -0.4 is 5.32 Å². The van der Waals surface area contributed by atoms with Gasteiger partial charge in [-0.2, -0.15) is 0 Å². The zero-order valence-corrected chi connectivity index (χ0v) is 13.6. The largest absolute Gasteiger partial charge is 0.468 e. The molecule has 1 aliphatic rings. The summed E-state index contributed by atoms with van der Waals surface area (Å²) in [6, 6.07) is -0.00252. The van der Waals surface area contributed by atoms with Gasteiger partial charge in [-0.25, -0.2) is 8.42 Å². The molecule has 118 valence electrons. The summed E-state index contributed by atoms with van der Waals surface area (Å²) in [5.74, 6) is 0.119. The van der Waals surface area contributed by atoms with Gasteiger partial charge in [0.05, 0.1) is 18.6 Å². The van der Waals surface area contributed by atoms with Gasteiger partial charge in [0.25, 0.3) is 0 Å². The summed E-state index contributed by atoms with van der Waals surface area (Å²) in [7, 11) is -1.52. The van der Waals surface area contributed by atoms with Crippen LogP contribution in [-0.4, -0.2) is 69.1 Å². The van der Waals surface area contributed by atoms with E-state index in [0.29, 0.717) is 26.1 Å². The van der Waals surface area contributed by atoms with Gasteiger partial charge in [-0.15, -0.1) is 0 Å². The number of hydrogen-bond donors (Lipinski definition) is 1. The molecule has 0 aromatic rings. The summed E-state index contributed by atoms with van der Waals surface area (Å²) in [5.41, 5.74) is -0.723. The van der Waals surface area contributed by atoms with Gasteiger partial charge >= 0.3 is 5.97 Å². The summed E-state index contributed by atoms with van der Waals surface area (Å²) in [5, 5.41) is 3.16. The van der Waals surface area contributed by atoms with Crippen molar-refractivity contribution in [3.63, 3.8) is 0 Å². The van der Waals surface area contributed by atoms with Crippen LogP contribution in [0.25, 0.3) is 0 Å². The normalized spacial score (nSPS) is 25.9. The zero-order chi connectivity index (χ0) is 15.4. The van der Waals surface area contributed by atoms with E-state index in [1.165, 1.54) is 7.11 Å². The molecule has 20 heavy (non-hydrogen) atoms. The van der Waals surface area contributed by atoms with Crippen molar-refractivity contribution in [2.45, 2.75) is 38.8 Å². The highest BCUT2D eigenvalue weighted by Crippen LogP contribution is 2.17. The quantitative estimate of drug-likeness (QED) is 0.698. The van der Waals surface area contributed by atoms with E-state index in [9.17, 15) is 13.2 Å². The summed E-state index contributed by atoms with van der Waals surface area (Å²) >= 11 is 0. The van der Waals surface area contributed by atoms with Gasteiger partial charge in [0.1, 0.15) is 5.54 Å². The Balaban J connectivity index is 2.62. The molecule has 1 heterocycles. The van der Waals surface area contributed by atoms with Gasteiger partial charge < -0.3 is 10.1 Å². The van der Waals surface area contributed by atoms with Crippen molar-refractivity contribution in [3.05, 3.63) is 0 Å². The average Bonchev–Trinajstić information content (AvgIpc) is 2.36. The number of carbonyl (C=O) groups excluding carboxylic acids is 1. The van der Waals surface area contributed by atoms with E-state index >= 15 is 0 Å². The first-order valence-corrected chi connectivity index (χ1v) is 8.84. The van der Waals surface area contributed by atoms with Crippen LogP contribution in [0, 0.1) is 0 Å². The van der Waals surface area contributed by atoms with Gasteiger partial charge in [0.2, 0.25) is 0 Å². The fourth-order valence-electron chi connectivity index (χ4n) is 2.61. The molecule has 0 amide bonds. The van der Waals surface area contributed by atoms with E-state index < -0.39 is 15.4 Å². The molecule has 0 saturated carbocycles. The molecular weight excluding hydrogens is 280 g/mol. The van der Waals surface area contributed by atoms with Crippen LogP contribution in [-0.2, 0) is 19.4 Å². The smallest absolute Gasteiger partial charge is 0.325 e. The monoisotopic (exact) mass is 306 g/mol. The van der Waals surface area contributed by atoms with E-state index in [-0.39, 0.29) is 23.5 Å². The Bertz CT molecular complexity index is 438. The van der Waals surface area contributed by atoms with Gasteiger partial charge in [0, 0.05) is 19.1 Å². The second kappa shape index (κ2) is 6.87. The zero-order valence-electron chi connectivity index (χ0n) is 12.8. The topological polar surface area (TPSA) is 75.7 Å². The number of methoxy groups -OCH3 is 1. The van der Waals surface area contributed by atoms with E-state index in [4.69, 9.17) is 4.74 Å². The van der Waals surface area contributed by atoms with Crippen molar-refractivity contribution >= 4 is 15.8 Å². The number of sulfone groups is 1. The lowest BCUT2D eigenvalue weighted by Gasteiger charge is -2.36. The van der Waals surface area contributed by atoms with E-state index in [0.717, 1.165) is 0 Å². The van der Waals surface area contributed by atoms with E-state index in [1.54, 1.807) is 0 Å². The minimum atomic E-state index is -2.90. The first kappa shape index (κ1) is 17.4. The number of carbonyl (C=O) groups is 1. The molecule has 1 N–H and O–H groups in total. The first-order valence-electron chi connectivity index (χ1n) is 7.02. The molecule has 1 saturated heterocycles. The Kier molecular flexibility index (Phi) is 5.97. The van der Waals surface area contributed by atoms with Crippen LogP contribution in [0.4, 0.5) is 0 Å². The Hall–Kier alpha value is -0.660. The molecule has 0 aliphatic carbocycles. The number of esters is 1. The SMILES string of the molecule is CCNC(C)(CCN1CCS(=O)(=O)CC1C)C(=O)OC. The number of hydrogen-bond acceptors (Lipinski definition) is 6. The van der Waals surface area contributed by atoms with Crippen molar-refractivity contribution in [3.8, 4) is 0 Å². The molecule has 0 aromatic heterocycles. The Morgan fingerprint density at radius 2 is 2.15 bits per heavy atom. The number of ether oxygens (including phenoxy) is 1. The third kappa shape index (κ3) is 4.43. The highest BCUT2D eigenvalue weighted by Gasteiger charge is 2.35. The van der Waals surface area contributed by atoms with Gasteiger partial charge in [-0.1, -0.05) is 6.92 Å². The summed E-state index contributed by atoms with van der Waals surface area (Å²) in [4.78, 5) is 14.0. The fraction of sp³-hybridized carbons (Fsp3) is 0.923. The van der Waals surface area contributed by atoms with Crippen LogP contribution in [0.15, 0.2) is 0 Å². The molecule has 1 rings (SSSR count). The second-order valence-corrected chi connectivity index (χ2v) is 7.83. The van der Waals surface area contributed by atoms with Gasteiger partial charge in [0.15, 0.2) is 9.84 Å². The summed E-state index contributed by atoms with van der Waals surface area (Å²) < 4.78 is 28.0. The number of nitrogens with zero attached hydrogens (tertiary/aromatic N) is 1. The maximum Gasteiger partial charge on any atom is 0.325 e. The molecule has 2 atom stereocenters. The van der Waals surface area contributed by atoms with Crippen LogP contribution >= 0.6 is 0 Å². The van der Waals surface area contributed by atoms with Crippen molar-refractivity contribution in [2.75, 3.05) is 38.2 Å². The van der Waals surface area contributed by atoms with E-state index in [2.05, 4.69) is 10.2 Å². The molecule has 1 aliphatic heterocycles. The molecule has 1 fully saturated rings. The van der Waals surface area contributed by atoms with Crippen LogP contribution in [0.5, 0.6) is 0 Å². The molecule has 2 unspecified atom stereocenters. The lowest BCUT2D eigenvalue weighted by Crippen LogP contribution is -2.54. The number of nitrogens with one attached hydrogen (secondary N) is 1. The maximum atomic E-state index is 11.9. The van der Waals surface area contributed by atoms with Crippen molar-refractivity contribution < 1.29 is 17.9 Å². The maximum absolute atomic E-state index is 11.9. The minimum absolute atomic E-state index is 0.00252. The molecule has 6 nitrogen and oxygen atoms in total. The van der Waals surface area contributed by atoms with Gasteiger partial charge in [-0.3, -0.25) is 9.69 Å². The molecule has 0 aromatic carbocycles. The Labute approximate surface area is 121 Å². The molecular formula is C13H26N2O4S. The lowest BCUT2D eigenvalue weighted by atomic mass is 9.97. The number of likely N-dealkylation sites (N-methyl/N-ethyl adjacent to an activating group) is 1. The third-order valence-electron chi connectivity index (χ3n) is 3.91. The van der Waals surface area contributed by atoms with Crippen molar-refractivity contribution in [1.82, 2.24) is 10.2 Å². The molecule has 0 spiro atoms. The molecule has 7 heteroatoms. The van der Waals surface area contributed by atoms with E-state index in [1.807, 2.05) is 20.8 Å². The summed E-state index contributed by atoms with van der Waals surface area (Å²) in [6.07, 6.45) is 0.595. The molecule has 0 bridgehead atoms. The highest BCUT2D eigenvalue weighted by molar-refractivity contribution is 7.91. The third-order valence-corrected chi connectivity index (χ3v) is 5.70. The van der Waals surface area contributed by atoms with Crippen molar-refractivity contribution in [1.29, 1.82) is 0 Å². The average molecular weight is 306 g/mol. The Morgan fingerprint density at radius 1 is 1.50 bits per heavy atom. The van der Waals surface area contributed by atoms with Gasteiger partial charge in [-0.05, 0) is 26.8 Å². The lowest BCUT2D eigenvalue weighted by molar-refractivity contribution is -0.148. The second-order valence-electron chi connectivity index (χ2n) is 5.60. The highest BCUT2D eigenvalue weighted by atomic mass is 32.2. The standard InChI is InChI=1S/C13H26N2O4S/c1-5-14-13(3,12(16)19-4)6-7-15-8-9-20(17,18)10-11(15)2/h11,14H,5-10H2,1-4H3. The Morgan fingerprint density at radius 3 is 2.65 bits per heavy atom. The predicted molar refractivity (Wildman–Crippen MR) is 78.4 cm³/mol. The fourth-order valence-corrected chi connectivity index (χ4v) is 4.24. The van der Waals surface area contributed by atoms with Crippen molar-refractivity contribution in [2.24, 2.45) is 0 Å².